The highest BCUT2D eigenvalue weighted by Crippen LogP contribution is 2.38. The second-order valence-electron chi connectivity index (χ2n) is 7.32. The first kappa shape index (κ1) is 16.1. The summed E-state index contributed by atoms with van der Waals surface area (Å²) in [5, 5.41) is 0. The van der Waals surface area contributed by atoms with E-state index in [1.54, 1.807) is 12.4 Å². The summed E-state index contributed by atoms with van der Waals surface area (Å²) in [5.41, 5.74) is 3.10. The lowest BCUT2D eigenvalue weighted by atomic mass is 9.97. The number of aryl methyl sites for hydroxylation is 2. The van der Waals surface area contributed by atoms with Crippen LogP contribution in [-0.4, -0.2) is 34.0 Å². The number of benzene rings is 1. The lowest BCUT2D eigenvalue weighted by molar-refractivity contribution is 0.0357. The molecule has 4 heteroatoms. The maximum absolute atomic E-state index is 13.1. The van der Waals surface area contributed by atoms with Crippen molar-refractivity contribution in [1.82, 2.24) is 9.88 Å². The second-order valence-corrected chi connectivity index (χ2v) is 7.32. The van der Waals surface area contributed by atoms with Gasteiger partial charge in [0.15, 0.2) is 0 Å². The highest BCUT2D eigenvalue weighted by Gasteiger charge is 2.44. The second kappa shape index (κ2) is 6.51. The van der Waals surface area contributed by atoms with Crippen LogP contribution in [0.5, 0.6) is 5.75 Å². The third-order valence-corrected chi connectivity index (χ3v) is 5.47. The van der Waals surface area contributed by atoms with E-state index in [1.807, 2.05) is 31.2 Å². The quantitative estimate of drug-likeness (QED) is 0.853. The average molecular weight is 336 g/mol. The summed E-state index contributed by atoms with van der Waals surface area (Å²) in [4.78, 5) is 19.4. The van der Waals surface area contributed by atoms with E-state index in [9.17, 15) is 4.79 Å². The third kappa shape index (κ3) is 3.13. The minimum Gasteiger partial charge on any atom is -0.489 e. The molecule has 2 bridgehead atoms. The number of aromatic nitrogens is 1. The van der Waals surface area contributed by atoms with Gasteiger partial charge in [-0.2, -0.15) is 0 Å². The van der Waals surface area contributed by atoms with Crippen LogP contribution in [0.3, 0.4) is 0 Å². The van der Waals surface area contributed by atoms with E-state index < -0.39 is 0 Å². The maximum atomic E-state index is 13.1. The normalized spacial score (nSPS) is 25.0. The Morgan fingerprint density at radius 2 is 1.92 bits per heavy atom. The summed E-state index contributed by atoms with van der Waals surface area (Å²) in [6.45, 7) is 4.09. The largest absolute Gasteiger partial charge is 0.489 e. The van der Waals surface area contributed by atoms with Gasteiger partial charge in [-0.1, -0.05) is 17.7 Å². The predicted octanol–water partition coefficient (Wildman–Crippen LogP) is 3.91. The van der Waals surface area contributed by atoms with Gasteiger partial charge in [0.2, 0.25) is 0 Å². The standard InChI is InChI=1S/C21H24N2O2/c1-14-5-8-20(15(2)10-14)21(24)23-16-6-7-17(23)12-19(11-16)25-18-4-3-9-22-13-18/h3-5,8-10,13,16-17,19H,6-7,11-12H2,1-2H3. The molecular formula is C21H24N2O2. The number of nitrogens with zero attached hydrogens (tertiary/aromatic N) is 2. The number of rotatable bonds is 3. The molecule has 2 aromatic rings. The molecule has 0 saturated carbocycles. The highest BCUT2D eigenvalue weighted by atomic mass is 16.5. The van der Waals surface area contributed by atoms with Crippen LogP contribution in [0.1, 0.15) is 47.2 Å². The monoisotopic (exact) mass is 336 g/mol. The van der Waals surface area contributed by atoms with Gasteiger partial charge in [-0.05, 0) is 50.5 Å². The molecule has 25 heavy (non-hydrogen) atoms. The molecule has 0 spiro atoms. The zero-order valence-corrected chi connectivity index (χ0v) is 14.8. The Morgan fingerprint density at radius 1 is 1.16 bits per heavy atom. The molecule has 2 saturated heterocycles. The van der Waals surface area contributed by atoms with Crippen molar-refractivity contribution in [1.29, 1.82) is 0 Å². The fourth-order valence-electron chi connectivity index (χ4n) is 4.36. The topological polar surface area (TPSA) is 42.4 Å². The number of carbonyl (C=O) groups excluding carboxylic acids is 1. The zero-order valence-electron chi connectivity index (χ0n) is 14.8. The Bertz CT molecular complexity index is 761. The minimum absolute atomic E-state index is 0.171. The third-order valence-electron chi connectivity index (χ3n) is 5.47. The van der Waals surface area contributed by atoms with Crippen LogP contribution in [-0.2, 0) is 0 Å². The molecule has 2 atom stereocenters. The van der Waals surface area contributed by atoms with Gasteiger partial charge in [-0.25, -0.2) is 0 Å². The summed E-state index contributed by atoms with van der Waals surface area (Å²) in [5.74, 6) is 1.01. The number of hydrogen-bond donors (Lipinski definition) is 0. The number of fused-ring (bicyclic) bond motifs is 2. The Labute approximate surface area is 148 Å². The van der Waals surface area contributed by atoms with Crippen LogP contribution >= 0.6 is 0 Å². The molecule has 2 aliphatic heterocycles. The summed E-state index contributed by atoms with van der Waals surface area (Å²) < 4.78 is 6.11. The van der Waals surface area contributed by atoms with Gasteiger partial charge in [0.1, 0.15) is 11.9 Å². The molecule has 2 fully saturated rings. The molecule has 1 aromatic carbocycles. The van der Waals surface area contributed by atoms with Crippen molar-refractivity contribution in [2.45, 2.75) is 57.7 Å². The fraction of sp³-hybridized carbons (Fsp3) is 0.429. The molecule has 3 heterocycles. The highest BCUT2D eigenvalue weighted by molar-refractivity contribution is 5.96. The Kier molecular flexibility index (Phi) is 4.20. The summed E-state index contributed by atoms with van der Waals surface area (Å²) in [6, 6.07) is 10.5. The van der Waals surface area contributed by atoms with Crippen LogP contribution in [0.15, 0.2) is 42.7 Å². The van der Waals surface area contributed by atoms with E-state index in [0.29, 0.717) is 0 Å². The van der Waals surface area contributed by atoms with Gasteiger partial charge in [0.05, 0.1) is 6.20 Å². The van der Waals surface area contributed by atoms with E-state index >= 15 is 0 Å². The number of piperidine rings is 1. The van der Waals surface area contributed by atoms with Crippen LogP contribution in [0.25, 0.3) is 0 Å². The van der Waals surface area contributed by atoms with Crippen molar-refractivity contribution >= 4 is 5.91 Å². The molecule has 0 aliphatic carbocycles. The molecule has 2 unspecified atom stereocenters. The van der Waals surface area contributed by atoms with Crippen LogP contribution in [0, 0.1) is 13.8 Å². The van der Waals surface area contributed by atoms with Crippen molar-refractivity contribution in [3.63, 3.8) is 0 Å². The van der Waals surface area contributed by atoms with Crippen molar-refractivity contribution in [3.05, 3.63) is 59.4 Å². The van der Waals surface area contributed by atoms with Crippen molar-refractivity contribution in [2.24, 2.45) is 0 Å². The van der Waals surface area contributed by atoms with Crippen molar-refractivity contribution in [3.8, 4) is 5.75 Å². The van der Waals surface area contributed by atoms with Crippen molar-refractivity contribution in [2.75, 3.05) is 0 Å². The van der Waals surface area contributed by atoms with E-state index in [2.05, 4.69) is 22.9 Å². The Balaban J connectivity index is 1.49. The Morgan fingerprint density at radius 3 is 2.56 bits per heavy atom. The lowest BCUT2D eigenvalue weighted by Gasteiger charge is -2.39. The lowest BCUT2D eigenvalue weighted by Crippen LogP contribution is -2.49. The first-order valence-electron chi connectivity index (χ1n) is 9.08. The maximum Gasteiger partial charge on any atom is 0.254 e. The number of hydrogen-bond acceptors (Lipinski definition) is 3. The van der Waals surface area contributed by atoms with Crippen LogP contribution in [0.2, 0.25) is 0 Å². The number of amides is 1. The van der Waals surface area contributed by atoms with E-state index in [0.717, 1.165) is 42.6 Å². The molecule has 0 radical (unpaired) electrons. The van der Waals surface area contributed by atoms with Gasteiger partial charge in [-0.3, -0.25) is 9.78 Å². The molecule has 1 amide bonds. The van der Waals surface area contributed by atoms with E-state index in [4.69, 9.17) is 4.74 Å². The molecule has 2 aliphatic rings. The summed E-state index contributed by atoms with van der Waals surface area (Å²) in [6.07, 6.45) is 7.65. The van der Waals surface area contributed by atoms with E-state index in [1.165, 1.54) is 5.56 Å². The van der Waals surface area contributed by atoms with Crippen molar-refractivity contribution < 1.29 is 9.53 Å². The minimum atomic E-state index is 0.171. The number of ether oxygens (including phenoxy) is 1. The first-order chi connectivity index (χ1) is 12.1. The smallest absolute Gasteiger partial charge is 0.254 e. The average Bonchev–Trinajstić information content (AvgIpc) is 2.86. The van der Waals surface area contributed by atoms with Gasteiger partial charge in [0.25, 0.3) is 5.91 Å². The predicted molar refractivity (Wildman–Crippen MR) is 96.8 cm³/mol. The molecule has 4 nitrogen and oxygen atoms in total. The molecule has 4 rings (SSSR count). The molecule has 1 aromatic heterocycles. The number of carbonyl (C=O) groups is 1. The Hall–Kier alpha value is -2.36. The van der Waals surface area contributed by atoms with Crippen LogP contribution < -0.4 is 4.74 Å². The summed E-state index contributed by atoms with van der Waals surface area (Å²) >= 11 is 0. The van der Waals surface area contributed by atoms with Crippen LogP contribution in [0.4, 0.5) is 0 Å². The first-order valence-corrected chi connectivity index (χ1v) is 9.08. The summed E-state index contributed by atoms with van der Waals surface area (Å²) in [7, 11) is 0. The molecule has 130 valence electrons. The van der Waals surface area contributed by atoms with Gasteiger partial charge < -0.3 is 9.64 Å². The molecular weight excluding hydrogens is 312 g/mol. The SMILES string of the molecule is Cc1ccc(C(=O)N2C3CCC2CC(Oc2cccnc2)C3)c(C)c1. The number of pyridine rings is 1. The zero-order chi connectivity index (χ0) is 17.4. The fourth-order valence-corrected chi connectivity index (χ4v) is 4.36. The molecule has 0 N–H and O–H groups in total. The van der Waals surface area contributed by atoms with Gasteiger partial charge >= 0.3 is 0 Å². The van der Waals surface area contributed by atoms with Gasteiger partial charge in [-0.15, -0.1) is 0 Å². The van der Waals surface area contributed by atoms with Gasteiger partial charge in [0, 0.05) is 36.7 Å². The van der Waals surface area contributed by atoms with E-state index in [-0.39, 0.29) is 24.1 Å².